The topological polar surface area (TPSA) is 85.3 Å². The van der Waals surface area contributed by atoms with Gasteiger partial charge in [-0.3, -0.25) is 0 Å². The van der Waals surface area contributed by atoms with Gasteiger partial charge in [0.2, 0.25) is 5.88 Å². The van der Waals surface area contributed by atoms with Gasteiger partial charge in [-0.15, -0.1) is 0 Å². The minimum absolute atomic E-state index is 0.0564. The molecule has 0 saturated heterocycles. The van der Waals surface area contributed by atoms with Crippen LogP contribution in [-0.2, 0) is 20.4 Å². The van der Waals surface area contributed by atoms with Gasteiger partial charge in [0.25, 0.3) is 0 Å². The van der Waals surface area contributed by atoms with Gasteiger partial charge < -0.3 is 15.2 Å². The van der Waals surface area contributed by atoms with E-state index in [1.54, 1.807) is 6.07 Å². The Labute approximate surface area is 150 Å². The number of benzene rings is 1. The van der Waals surface area contributed by atoms with Crippen LogP contribution < -0.4 is 5.73 Å². The van der Waals surface area contributed by atoms with Crippen molar-refractivity contribution in [2.75, 3.05) is 6.61 Å². The first-order valence-corrected chi connectivity index (χ1v) is 7.54. The van der Waals surface area contributed by atoms with Gasteiger partial charge in [-0.05, 0) is 31.5 Å². The average Bonchev–Trinajstić information content (AvgIpc) is 2.52. The Balaban J connectivity index is 2.72. The number of nitriles is 1. The van der Waals surface area contributed by atoms with Crippen LogP contribution in [0.5, 0.6) is 0 Å². The van der Waals surface area contributed by atoms with Crippen molar-refractivity contribution in [3.05, 3.63) is 57.7 Å². The van der Waals surface area contributed by atoms with Crippen LogP contribution in [0.2, 0.25) is 0 Å². The molecule has 0 fully saturated rings. The predicted octanol–water partition coefficient (Wildman–Crippen LogP) is 3.63. The largest absolute Gasteiger partial charge is 0.463 e. The molecule has 27 heavy (non-hydrogen) atoms. The summed E-state index contributed by atoms with van der Waals surface area (Å²) in [6, 6.07) is 2.46. The summed E-state index contributed by atoms with van der Waals surface area (Å²) >= 11 is 0. The van der Waals surface area contributed by atoms with Gasteiger partial charge in [-0.25, -0.2) is 13.6 Å². The van der Waals surface area contributed by atoms with E-state index in [0.717, 1.165) is 0 Å². The highest BCUT2D eigenvalue weighted by Crippen LogP contribution is 2.42. The molecule has 0 aliphatic carbocycles. The van der Waals surface area contributed by atoms with Gasteiger partial charge >= 0.3 is 12.1 Å². The zero-order chi connectivity index (χ0) is 20.5. The number of hydrogen-bond acceptors (Lipinski definition) is 5. The normalized spacial score (nSPS) is 17.5. The standard InChI is InChI=1S/C17H13F5N2O3/c1-3-26-16(25)12-7(2)27-15(24)9(6-23)13(12)8-4-10(18)14(11(19)5-8)17(20,21)22/h4-5,13H,3,24H2,1-2H3. The lowest BCUT2D eigenvalue weighted by molar-refractivity contribution is -0.142. The smallest absolute Gasteiger partial charge is 0.422 e. The minimum Gasteiger partial charge on any atom is -0.463 e. The van der Waals surface area contributed by atoms with Gasteiger partial charge in [-0.2, -0.15) is 18.4 Å². The molecule has 0 saturated carbocycles. The van der Waals surface area contributed by atoms with Gasteiger partial charge in [0.05, 0.1) is 18.1 Å². The minimum atomic E-state index is -5.26. The number of alkyl halides is 3. The van der Waals surface area contributed by atoms with Crippen molar-refractivity contribution in [2.45, 2.75) is 25.9 Å². The molecule has 1 aromatic carbocycles. The predicted molar refractivity (Wildman–Crippen MR) is 81.3 cm³/mol. The second-order valence-electron chi connectivity index (χ2n) is 5.47. The van der Waals surface area contributed by atoms with E-state index in [-0.39, 0.29) is 23.5 Å². The van der Waals surface area contributed by atoms with Crippen molar-refractivity contribution in [1.82, 2.24) is 0 Å². The molecule has 1 atom stereocenters. The number of carbonyl (C=O) groups excluding carboxylic acids is 1. The number of esters is 1. The number of nitrogens with zero attached hydrogens (tertiary/aromatic N) is 1. The molecule has 1 aromatic rings. The third-order valence-electron chi connectivity index (χ3n) is 3.78. The number of allylic oxidation sites excluding steroid dienone is 2. The highest BCUT2D eigenvalue weighted by Gasteiger charge is 2.41. The fourth-order valence-corrected chi connectivity index (χ4v) is 2.72. The maximum Gasteiger partial charge on any atom is 0.422 e. The van der Waals surface area contributed by atoms with Gasteiger partial charge in [-0.1, -0.05) is 0 Å². The molecule has 0 bridgehead atoms. The van der Waals surface area contributed by atoms with Crippen LogP contribution in [0.1, 0.15) is 30.9 Å². The van der Waals surface area contributed by atoms with Crippen molar-refractivity contribution in [3.8, 4) is 6.07 Å². The number of rotatable bonds is 3. The third-order valence-corrected chi connectivity index (χ3v) is 3.78. The highest BCUT2D eigenvalue weighted by atomic mass is 19.4. The molecule has 0 aromatic heterocycles. The lowest BCUT2D eigenvalue weighted by atomic mass is 9.82. The molecule has 0 radical (unpaired) electrons. The van der Waals surface area contributed by atoms with Gasteiger partial charge in [0, 0.05) is 0 Å². The summed E-state index contributed by atoms with van der Waals surface area (Å²) in [7, 11) is 0. The maximum atomic E-state index is 14.0. The summed E-state index contributed by atoms with van der Waals surface area (Å²) in [5.41, 5.74) is 2.43. The lowest BCUT2D eigenvalue weighted by Gasteiger charge is -2.27. The van der Waals surface area contributed by atoms with Crippen molar-refractivity contribution in [3.63, 3.8) is 0 Å². The van der Waals surface area contributed by atoms with Crippen LogP contribution in [-0.4, -0.2) is 12.6 Å². The Hall–Kier alpha value is -3.09. The molecular weight excluding hydrogens is 375 g/mol. The van der Waals surface area contributed by atoms with Crippen LogP contribution in [0.3, 0.4) is 0 Å². The van der Waals surface area contributed by atoms with Crippen LogP contribution >= 0.6 is 0 Å². The zero-order valence-electron chi connectivity index (χ0n) is 14.1. The number of ether oxygens (including phenoxy) is 2. The molecule has 2 rings (SSSR count). The maximum absolute atomic E-state index is 14.0. The van der Waals surface area contributed by atoms with E-state index in [0.29, 0.717) is 12.1 Å². The van der Waals surface area contributed by atoms with Crippen molar-refractivity contribution >= 4 is 5.97 Å². The van der Waals surface area contributed by atoms with E-state index in [1.165, 1.54) is 13.8 Å². The second kappa shape index (κ2) is 7.26. The monoisotopic (exact) mass is 388 g/mol. The number of halogens is 5. The average molecular weight is 388 g/mol. The fraction of sp³-hybridized carbons (Fsp3) is 0.294. The van der Waals surface area contributed by atoms with Crippen molar-refractivity contribution in [2.24, 2.45) is 5.73 Å². The first-order valence-electron chi connectivity index (χ1n) is 7.54. The zero-order valence-corrected chi connectivity index (χ0v) is 14.1. The Bertz CT molecular complexity index is 874. The molecule has 10 heteroatoms. The first-order chi connectivity index (χ1) is 12.5. The van der Waals surface area contributed by atoms with E-state index in [4.69, 9.17) is 15.2 Å². The van der Waals surface area contributed by atoms with Gasteiger partial charge in [0.1, 0.15) is 34.6 Å². The fourth-order valence-electron chi connectivity index (χ4n) is 2.72. The molecule has 1 aliphatic heterocycles. The molecule has 0 spiro atoms. The lowest BCUT2D eigenvalue weighted by Crippen LogP contribution is -2.26. The Kier molecular flexibility index (Phi) is 5.44. The van der Waals surface area contributed by atoms with Crippen LogP contribution in [0, 0.1) is 23.0 Å². The molecule has 0 amide bonds. The highest BCUT2D eigenvalue weighted by molar-refractivity contribution is 5.92. The number of hydrogen-bond donors (Lipinski definition) is 1. The van der Waals surface area contributed by atoms with Crippen LogP contribution in [0.25, 0.3) is 0 Å². The third kappa shape index (κ3) is 3.72. The summed E-state index contributed by atoms with van der Waals surface area (Å²) in [5.74, 6) is -6.72. The molecule has 2 N–H and O–H groups in total. The second-order valence-corrected chi connectivity index (χ2v) is 5.47. The summed E-state index contributed by atoms with van der Waals surface area (Å²) < 4.78 is 76.4. The Morgan fingerprint density at radius 2 is 1.89 bits per heavy atom. The van der Waals surface area contributed by atoms with Crippen LogP contribution in [0.4, 0.5) is 22.0 Å². The van der Waals surface area contributed by atoms with E-state index >= 15 is 0 Å². The molecule has 1 heterocycles. The molecular formula is C17H13F5N2O3. The molecule has 1 aliphatic rings. The quantitative estimate of drug-likeness (QED) is 0.631. The summed E-state index contributed by atoms with van der Waals surface area (Å²) in [6.07, 6.45) is -5.26. The molecule has 1 unspecified atom stereocenters. The molecule has 5 nitrogen and oxygen atoms in total. The summed E-state index contributed by atoms with van der Waals surface area (Å²) in [5, 5.41) is 9.32. The Morgan fingerprint density at radius 3 is 2.33 bits per heavy atom. The van der Waals surface area contributed by atoms with E-state index in [2.05, 4.69) is 0 Å². The van der Waals surface area contributed by atoms with Crippen molar-refractivity contribution < 1.29 is 36.2 Å². The summed E-state index contributed by atoms with van der Waals surface area (Å²) in [6.45, 7) is 2.75. The SMILES string of the molecule is CCOC(=O)C1=C(C)OC(N)=C(C#N)C1c1cc(F)c(C(F)(F)F)c(F)c1. The van der Waals surface area contributed by atoms with E-state index < -0.39 is 46.7 Å². The van der Waals surface area contributed by atoms with Gasteiger partial charge in [0.15, 0.2) is 0 Å². The van der Waals surface area contributed by atoms with E-state index in [9.17, 15) is 32.0 Å². The van der Waals surface area contributed by atoms with Crippen molar-refractivity contribution in [1.29, 1.82) is 5.26 Å². The summed E-state index contributed by atoms with van der Waals surface area (Å²) in [4.78, 5) is 12.3. The molecule has 144 valence electrons. The van der Waals surface area contributed by atoms with Crippen LogP contribution in [0.15, 0.2) is 34.9 Å². The van der Waals surface area contributed by atoms with E-state index in [1.807, 2.05) is 0 Å². The Morgan fingerprint density at radius 1 is 1.33 bits per heavy atom. The number of nitrogens with two attached hydrogens (primary N) is 1. The first kappa shape index (κ1) is 20.2. The number of carbonyl (C=O) groups is 1.